The third-order valence-electron chi connectivity index (χ3n) is 6.54. The molecule has 0 radical (unpaired) electrons. The largest absolute Gasteiger partial charge is 0.507 e. The van der Waals surface area contributed by atoms with Crippen LogP contribution in [0.4, 0.5) is 11.8 Å². The highest BCUT2D eigenvalue weighted by Gasteiger charge is 2.24. The van der Waals surface area contributed by atoms with Gasteiger partial charge in [-0.1, -0.05) is 17.3 Å². The molecule has 1 aliphatic heterocycles. The predicted octanol–water partition coefficient (Wildman–Crippen LogP) is 5.71. The number of aromatic nitrogens is 5. The van der Waals surface area contributed by atoms with Crippen LogP contribution in [0.3, 0.4) is 0 Å². The maximum Gasteiger partial charge on any atom is 0.225 e. The van der Waals surface area contributed by atoms with Gasteiger partial charge in [-0.3, -0.25) is 0 Å². The van der Waals surface area contributed by atoms with E-state index in [9.17, 15) is 5.11 Å². The standard InChI is InChI=1S/C27H27N7O2S/c1-16(2)30-25-13-21(33-36-25)19-14-28-27(29-15-19)34-9-7-17(8-10-34)24-12-18-11-22(31-32-26(18)37-24)20-5-3-4-6-23(20)35/h3-6,11-17,30,35H,7-10H2,1-2H3. The van der Waals surface area contributed by atoms with Crippen molar-refractivity contribution in [3.63, 3.8) is 0 Å². The first kappa shape index (κ1) is 23.4. The number of fused-ring (bicyclic) bond motifs is 1. The number of rotatable bonds is 6. The maximum absolute atomic E-state index is 10.2. The summed E-state index contributed by atoms with van der Waals surface area (Å²) < 4.78 is 5.34. The Labute approximate surface area is 218 Å². The highest BCUT2D eigenvalue weighted by molar-refractivity contribution is 7.18. The summed E-state index contributed by atoms with van der Waals surface area (Å²) in [5.74, 6) is 2.05. The molecular weight excluding hydrogens is 486 g/mol. The lowest BCUT2D eigenvalue weighted by atomic mass is 9.95. The molecule has 0 unspecified atom stereocenters. The molecule has 9 nitrogen and oxygen atoms in total. The summed E-state index contributed by atoms with van der Waals surface area (Å²) in [4.78, 5) is 13.7. The van der Waals surface area contributed by atoms with Crippen LogP contribution in [0.5, 0.6) is 5.75 Å². The molecule has 1 saturated heterocycles. The van der Waals surface area contributed by atoms with Gasteiger partial charge in [0.1, 0.15) is 16.3 Å². The van der Waals surface area contributed by atoms with Crippen LogP contribution in [0.25, 0.3) is 32.7 Å². The van der Waals surface area contributed by atoms with Crippen molar-refractivity contribution in [1.29, 1.82) is 0 Å². The first-order chi connectivity index (χ1) is 18.0. The SMILES string of the molecule is CC(C)Nc1cc(-c2cnc(N3CCC(c4cc5cc(-c6ccccc6O)nnc5s4)CC3)nc2)no1. The van der Waals surface area contributed by atoms with Crippen molar-refractivity contribution in [3.8, 4) is 28.3 Å². The summed E-state index contributed by atoms with van der Waals surface area (Å²) in [6.07, 6.45) is 5.65. The van der Waals surface area contributed by atoms with Gasteiger partial charge < -0.3 is 19.8 Å². The molecule has 2 N–H and O–H groups in total. The van der Waals surface area contributed by atoms with Crippen molar-refractivity contribution in [3.05, 3.63) is 59.7 Å². The number of piperidine rings is 1. The van der Waals surface area contributed by atoms with Crippen molar-refractivity contribution in [2.24, 2.45) is 0 Å². The zero-order valence-electron chi connectivity index (χ0n) is 20.6. The van der Waals surface area contributed by atoms with E-state index in [0.29, 0.717) is 28.8 Å². The monoisotopic (exact) mass is 513 g/mol. The number of phenols is 1. The second kappa shape index (κ2) is 9.78. The Morgan fingerprint density at radius 3 is 2.57 bits per heavy atom. The van der Waals surface area contributed by atoms with Gasteiger partial charge in [-0.2, -0.15) is 0 Å². The van der Waals surface area contributed by atoms with E-state index in [0.717, 1.165) is 47.7 Å². The highest BCUT2D eigenvalue weighted by Crippen LogP contribution is 2.37. The third kappa shape index (κ3) is 4.84. The van der Waals surface area contributed by atoms with Crippen LogP contribution in [0, 0.1) is 0 Å². The zero-order chi connectivity index (χ0) is 25.4. The molecule has 0 amide bonds. The van der Waals surface area contributed by atoms with Crippen LogP contribution in [-0.2, 0) is 0 Å². The molecule has 1 fully saturated rings. The summed E-state index contributed by atoms with van der Waals surface area (Å²) >= 11 is 1.71. The molecule has 37 heavy (non-hydrogen) atoms. The fourth-order valence-electron chi connectivity index (χ4n) is 4.64. The smallest absolute Gasteiger partial charge is 0.225 e. The molecule has 4 aromatic heterocycles. The van der Waals surface area contributed by atoms with Gasteiger partial charge in [-0.25, -0.2) is 9.97 Å². The van der Waals surface area contributed by atoms with E-state index in [2.05, 4.69) is 41.6 Å². The van der Waals surface area contributed by atoms with E-state index >= 15 is 0 Å². The molecular formula is C27H27N7O2S. The highest BCUT2D eigenvalue weighted by atomic mass is 32.1. The van der Waals surface area contributed by atoms with Gasteiger partial charge in [0.05, 0.1) is 5.69 Å². The van der Waals surface area contributed by atoms with Gasteiger partial charge >= 0.3 is 0 Å². The fraction of sp³-hybridized carbons (Fsp3) is 0.296. The number of nitrogens with one attached hydrogen (secondary N) is 1. The van der Waals surface area contributed by atoms with Crippen molar-refractivity contribution in [2.75, 3.05) is 23.3 Å². The average Bonchev–Trinajstić information content (AvgIpc) is 3.56. The van der Waals surface area contributed by atoms with E-state index in [-0.39, 0.29) is 11.8 Å². The Hall–Kier alpha value is -4.05. The summed E-state index contributed by atoms with van der Waals surface area (Å²) in [5, 5.41) is 27.3. The van der Waals surface area contributed by atoms with Gasteiger partial charge in [-0.15, -0.1) is 21.5 Å². The van der Waals surface area contributed by atoms with E-state index in [1.807, 2.05) is 38.1 Å². The molecule has 5 aromatic rings. The minimum atomic E-state index is 0.211. The van der Waals surface area contributed by atoms with E-state index in [1.54, 1.807) is 35.9 Å². The van der Waals surface area contributed by atoms with Crippen LogP contribution in [-0.4, -0.2) is 49.6 Å². The molecule has 0 aliphatic carbocycles. The number of phenolic OH excluding ortho intramolecular Hbond substituents is 1. The quantitative estimate of drug-likeness (QED) is 0.294. The van der Waals surface area contributed by atoms with Gasteiger partial charge in [0.15, 0.2) is 0 Å². The zero-order valence-corrected chi connectivity index (χ0v) is 21.4. The van der Waals surface area contributed by atoms with E-state index < -0.39 is 0 Å². The van der Waals surface area contributed by atoms with E-state index in [1.165, 1.54) is 4.88 Å². The number of benzene rings is 1. The number of hydrogen-bond acceptors (Lipinski definition) is 10. The molecule has 6 rings (SSSR count). The number of hydrogen-bond donors (Lipinski definition) is 2. The second-order valence-corrected chi connectivity index (χ2v) is 10.6. The van der Waals surface area contributed by atoms with Crippen LogP contribution in [0.1, 0.15) is 37.5 Å². The average molecular weight is 514 g/mol. The Kier molecular flexibility index (Phi) is 6.17. The topological polar surface area (TPSA) is 113 Å². The fourth-order valence-corrected chi connectivity index (χ4v) is 5.77. The molecule has 188 valence electrons. The molecule has 0 atom stereocenters. The van der Waals surface area contributed by atoms with Crippen molar-refractivity contribution < 1.29 is 9.63 Å². The van der Waals surface area contributed by atoms with E-state index in [4.69, 9.17) is 4.52 Å². The molecule has 0 spiro atoms. The minimum Gasteiger partial charge on any atom is -0.507 e. The Morgan fingerprint density at radius 2 is 1.81 bits per heavy atom. The van der Waals surface area contributed by atoms with Crippen LogP contribution >= 0.6 is 11.3 Å². The maximum atomic E-state index is 10.2. The predicted molar refractivity (Wildman–Crippen MR) is 145 cm³/mol. The van der Waals surface area contributed by atoms with Gasteiger partial charge in [-0.05, 0) is 56.9 Å². The number of aromatic hydroxyl groups is 1. The molecule has 1 aliphatic rings. The van der Waals surface area contributed by atoms with Gasteiger partial charge in [0.2, 0.25) is 11.8 Å². The number of nitrogens with zero attached hydrogens (tertiary/aromatic N) is 6. The van der Waals surface area contributed by atoms with Crippen molar-refractivity contribution >= 4 is 33.4 Å². The third-order valence-corrected chi connectivity index (χ3v) is 7.73. The minimum absolute atomic E-state index is 0.211. The second-order valence-electron chi connectivity index (χ2n) is 9.56. The number of anilines is 2. The number of thiophene rings is 1. The lowest BCUT2D eigenvalue weighted by Gasteiger charge is -2.31. The van der Waals surface area contributed by atoms with Gasteiger partial charge in [0.25, 0.3) is 0 Å². The van der Waals surface area contributed by atoms with Crippen LogP contribution in [0.15, 0.2) is 59.4 Å². The molecule has 0 saturated carbocycles. The summed E-state index contributed by atoms with van der Waals surface area (Å²) in [7, 11) is 0. The first-order valence-electron chi connectivity index (χ1n) is 12.4. The molecule has 10 heteroatoms. The first-order valence-corrected chi connectivity index (χ1v) is 13.2. The summed E-state index contributed by atoms with van der Waals surface area (Å²) in [6.45, 7) is 5.87. The lowest BCUT2D eigenvalue weighted by molar-refractivity contribution is 0.432. The van der Waals surface area contributed by atoms with Crippen LogP contribution in [0.2, 0.25) is 0 Å². The molecule has 0 bridgehead atoms. The Bertz CT molecular complexity index is 1520. The Balaban J connectivity index is 1.12. The number of para-hydroxylation sites is 1. The lowest BCUT2D eigenvalue weighted by Crippen LogP contribution is -2.33. The van der Waals surface area contributed by atoms with Gasteiger partial charge in [0, 0.05) is 59.0 Å². The molecule has 1 aromatic carbocycles. The molecule has 5 heterocycles. The summed E-state index contributed by atoms with van der Waals surface area (Å²) in [5.41, 5.74) is 2.92. The van der Waals surface area contributed by atoms with Crippen molar-refractivity contribution in [2.45, 2.75) is 38.6 Å². The Morgan fingerprint density at radius 1 is 1.03 bits per heavy atom. The normalized spacial score (nSPS) is 14.5. The van der Waals surface area contributed by atoms with Crippen LogP contribution < -0.4 is 10.2 Å². The van der Waals surface area contributed by atoms with Crippen molar-refractivity contribution in [1.82, 2.24) is 25.3 Å². The summed E-state index contributed by atoms with van der Waals surface area (Å²) in [6, 6.07) is 13.6.